The summed E-state index contributed by atoms with van der Waals surface area (Å²) in [6.45, 7) is 2.51. The fourth-order valence-corrected chi connectivity index (χ4v) is 3.21. The number of benzene rings is 3. The monoisotopic (exact) mass is 399 g/mol. The van der Waals surface area contributed by atoms with Crippen LogP contribution in [0.1, 0.15) is 23.7 Å². The van der Waals surface area contributed by atoms with E-state index in [-0.39, 0.29) is 5.91 Å². The summed E-state index contributed by atoms with van der Waals surface area (Å²) in [7, 11) is 0. The second-order valence-electron chi connectivity index (χ2n) is 6.01. The number of carbonyl (C=O) groups is 1. The molecule has 0 saturated heterocycles. The number of nitrogens with one attached hydrogen (secondary N) is 1. The predicted octanol–water partition coefficient (Wildman–Crippen LogP) is 6.70. The Hall–Kier alpha value is -2.49. The number of anilines is 1. The highest BCUT2D eigenvalue weighted by atomic mass is 35.5. The number of halogens is 2. The van der Waals surface area contributed by atoms with Crippen molar-refractivity contribution in [2.45, 2.75) is 13.3 Å². The molecule has 0 unspecified atom stereocenters. The first-order valence-corrected chi connectivity index (χ1v) is 9.42. The van der Waals surface area contributed by atoms with E-state index >= 15 is 0 Å². The van der Waals surface area contributed by atoms with Crippen LogP contribution in [0.25, 0.3) is 11.1 Å². The van der Waals surface area contributed by atoms with E-state index in [0.29, 0.717) is 33.7 Å². The fraction of sp³-hybridized carbons (Fsp3) is 0.136. The molecule has 0 saturated carbocycles. The first-order valence-electron chi connectivity index (χ1n) is 8.67. The van der Waals surface area contributed by atoms with E-state index in [1.165, 1.54) is 0 Å². The number of carbonyl (C=O) groups excluding carboxylic acids is 1. The average molecular weight is 400 g/mol. The van der Waals surface area contributed by atoms with Crippen LogP contribution < -0.4 is 10.1 Å². The maximum Gasteiger partial charge on any atom is 0.255 e. The summed E-state index contributed by atoms with van der Waals surface area (Å²) in [5.74, 6) is 0.122. The van der Waals surface area contributed by atoms with E-state index < -0.39 is 0 Å². The third kappa shape index (κ3) is 4.82. The summed E-state index contributed by atoms with van der Waals surface area (Å²) in [6.07, 6.45) is 0.841. The summed E-state index contributed by atoms with van der Waals surface area (Å²) < 4.78 is 5.53. The Labute approximate surface area is 168 Å². The summed E-state index contributed by atoms with van der Waals surface area (Å²) >= 11 is 12.4. The molecule has 0 aliphatic rings. The average Bonchev–Trinajstić information content (AvgIpc) is 2.68. The SMILES string of the molecule is CCCOc1c(Cl)cc(C(=O)Nc2ccc(-c3ccccc3)cc2)cc1Cl. The van der Waals surface area contributed by atoms with Crippen LogP contribution in [0, 0.1) is 0 Å². The van der Waals surface area contributed by atoms with Gasteiger partial charge < -0.3 is 10.1 Å². The molecule has 0 heterocycles. The Morgan fingerprint density at radius 2 is 1.52 bits per heavy atom. The lowest BCUT2D eigenvalue weighted by Gasteiger charge is -2.12. The minimum Gasteiger partial charge on any atom is -0.490 e. The van der Waals surface area contributed by atoms with Gasteiger partial charge in [-0.3, -0.25) is 4.79 Å². The van der Waals surface area contributed by atoms with Gasteiger partial charge in [-0.15, -0.1) is 0 Å². The van der Waals surface area contributed by atoms with Crippen molar-refractivity contribution in [3.63, 3.8) is 0 Å². The van der Waals surface area contributed by atoms with Crippen molar-refractivity contribution in [1.29, 1.82) is 0 Å². The summed E-state index contributed by atoms with van der Waals surface area (Å²) in [6, 6.07) is 20.8. The lowest BCUT2D eigenvalue weighted by atomic mass is 10.1. The minimum atomic E-state index is -0.284. The van der Waals surface area contributed by atoms with Gasteiger partial charge in [-0.2, -0.15) is 0 Å². The molecule has 138 valence electrons. The molecule has 0 aliphatic heterocycles. The molecule has 0 bridgehead atoms. The molecule has 0 fully saturated rings. The van der Waals surface area contributed by atoms with Gasteiger partial charge >= 0.3 is 0 Å². The zero-order valence-electron chi connectivity index (χ0n) is 14.8. The van der Waals surface area contributed by atoms with Crippen LogP contribution in [-0.2, 0) is 0 Å². The van der Waals surface area contributed by atoms with Gasteiger partial charge in [-0.25, -0.2) is 0 Å². The number of hydrogen-bond donors (Lipinski definition) is 1. The quantitative estimate of drug-likeness (QED) is 0.500. The van der Waals surface area contributed by atoms with Crippen LogP contribution >= 0.6 is 23.2 Å². The molecule has 0 aliphatic carbocycles. The van der Waals surface area contributed by atoms with E-state index in [1.807, 2.05) is 61.5 Å². The fourth-order valence-electron chi connectivity index (χ4n) is 2.61. The summed E-state index contributed by atoms with van der Waals surface area (Å²) in [5.41, 5.74) is 3.27. The Kier molecular flexibility index (Phi) is 6.38. The molecular weight excluding hydrogens is 381 g/mol. The number of rotatable bonds is 6. The summed E-state index contributed by atoms with van der Waals surface area (Å²) in [5, 5.41) is 3.50. The molecule has 0 atom stereocenters. The third-order valence-corrected chi connectivity index (χ3v) is 4.52. The first kappa shape index (κ1) is 19.3. The highest BCUT2D eigenvalue weighted by Crippen LogP contribution is 2.34. The molecule has 27 heavy (non-hydrogen) atoms. The molecule has 3 aromatic rings. The molecule has 3 nitrogen and oxygen atoms in total. The normalized spacial score (nSPS) is 10.5. The van der Waals surface area contributed by atoms with Gasteiger partial charge in [0.25, 0.3) is 5.91 Å². The van der Waals surface area contributed by atoms with Crippen LogP contribution in [0.15, 0.2) is 66.7 Å². The zero-order valence-corrected chi connectivity index (χ0v) is 16.3. The molecule has 3 aromatic carbocycles. The van der Waals surface area contributed by atoms with Crippen molar-refractivity contribution >= 4 is 34.8 Å². The Bertz CT molecular complexity index is 902. The van der Waals surface area contributed by atoms with Crippen LogP contribution in [0.4, 0.5) is 5.69 Å². The Morgan fingerprint density at radius 1 is 0.926 bits per heavy atom. The molecule has 1 N–H and O–H groups in total. The van der Waals surface area contributed by atoms with Crippen molar-refractivity contribution < 1.29 is 9.53 Å². The van der Waals surface area contributed by atoms with E-state index in [2.05, 4.69) is 5.32 Å². The second-order valence-corrected chi connectivity index (χ2v) is 6.83. The Balaban J connectivity index is 1.73. The van der Waals surface area contributed by atoms with E-state index in [0.717, 1.165) is 17.5 Å². The van der Waals surface area contributed by atoms with Gasteiger partial charge in [0.15, 0.2) is 5.75 Å². The molecule has 0 aromatic heterocycles. The van der Waals surface area contributed by atoms with Crippen molar-refractivity contribution in [2.24, 2.45) is 0 Å². The van der Waals surface area contributed by atoms with Crippen LogP contribution in [0.5, 0.6) is 5.75 Å². The smallest absolute Gasteiger partial charge is 0.255 e. The zero-order chi connectivity index (χ0) is 19.2. The lowest BCUT2D eigenvalue weighted by molar-refractivity contribution is 0.102. The highest BCUT2D eigenvalue weighted by Gasteiger charge is 2.14. The van der Waals surface area contributed by atoms with Crippen LogP contribution in [0.3, 0.4) is 0 Å². The van der Waals surface area contributed by atoms with Gasteiger partial charge in [0.05, 0.1) is 16.7 Å². The molecule has 0 radical (unpaired) electrons. The lowest BCUT2D eigenvalue weighted by Crippen LogP contribution is -2.12. The maximum absolute atomic E-state index is 12.5. The maximum atomic E-state index is 12.5. The van der Waals surface area contributed by atoms with Crippen molar-refractivity contribution in [2.75, 3.05) is 11.9 Å². The van der Waals surface area contributed by atoms with Crippen molar-refractivity contribution in [3.8, 4) is 16.9 Å². The van der Waals surface area contributed by atoms with Crippen molar-refractivity contribution in [3.05, 3.63) is 82.3 Å². The van der Waals surface area contributed by atoms with Crippen LogP contribution in [-0.4, -0.2) is 12.5 Å². The number of ether oxygens (including phenoxy) is 1. The van der Waals surface area contributed by atoms with Gasteiger partial charge in [-0.05, 0) is 41.8 Å². The highest BCUT2D eigenvalue weighted by molar-refractivity contribution is 6.37. The topological polar surface area (TPSA) is 38.3 Å². The first-order chi connectivity index (χ1) is 13.1. The third-order valence-electron chi connectivity index (χ3n) is 3.96. The molecule has 0 spiro atoms. The predicted molar refractivity (Wildman–Crippen MR) is 112 cm³/mol. The Morgan fingerprint density at radius 3 is 2.11 bits per heavy atom. The number of amides is 1. The number of hydrogen-bond acceptors (Lipinski definition) is 2. The van der Waals surface area contributed by atoms with Gasteiger partial charge in [0, 0.05) is 11.3 Å². The standard InChI is InChI=1S/C22H19Cl2NO2/c1-2-12-27-21-19(23)13-17(14-20(21)24)22(26)25-18-10-8-16(9-11-18)15-6-4-3-5-7-15/h3-11,13-14H,2,12H2,1H3,(H,25,26). The van der Waals surface area contributed by atoms with Gasteiger partial charge in [0.2, 0.25) is 0 Å². The van der Waals surface area contributed by atoms with Gasteiger partial charge in [0.1, 0.15) is 0 Å². The molecule has 1 amide bonds. The van der Waals surface area contributed by atoms with E-state index in [4.69, 9.17) is 27.9 Å². The van der Waals surface area contributed by atoms with E-state index in [1.54, 1.807) is 12.1 Å². The largest absolute Gasteiger partial charge is 0.490 e. The molecule has 5 heteroatoms. The van der Waals surface area contributed by atoms with E-state index in [9.17, 15) is 4.79 Å². The summed E-state index contributed by atoms with van der Waals surface area (Å²) in [4.78, 5) is 12.5. The van der Waals surface area contributed by atoms with Crippen LogP contribution in [0.2, 0.25) is 10.0 Å². The van der Waals surface area contributed by atoms with Crippen molar-refractivity contribution in [1.82, 2.24) is 0 Å². The molecule has 3 rings (SSSR count). The molecular formula is C22H19Cl2NO2. The second kappa shape index (κ2) is 8.94. The minimum absolute atomic E-state index is 0.284. The van der Waals surface area contributed by atoms with Gasteiger partial charge in [-0.1, -0.05) is 72.6 Å².